The van der Waals surface area contributed by atoms with Crippen molar-refractivity contribution in [2.24, 2.45) is 0 Å². The first-order valence-corrected chi connectivity index (χ1v) is 10.5. The smallest absolute Gasteiger partial charge is 0.246 e. The van der Waals surface area contributed by atoms with E-state index in [2.05, 4.69) is 11.0 Å². The second kappa shape index (κ2) is 8.37. The molecule has 146 valence electrons. The molecule has 0 radical (unpaired) electrons. The minimum atomic E-state index is -3.79. The van der Waals surface area contributed by atoms with Crippen LogP contribution in [0.15, 0.2) is 47.4 Å². The number of sulfonamides is 1. The van der Waals surface area contributed by atoms with Crippen LogP contribution in [0, 0.1) is 19.7 Å². The van der Waals surface area contributed by atoms with Gasteiger partial charge in [0.1, 0.15) is 23.1 Å². The van der Waals surface area contributed by atoms with Gasteiger partial charge in [0.05, 0.1) is 0 Å². The van der Waals surface area contributed by atoms with Crippen LogP contribution in [0.3, 0.4) is 0 Å². The van der Waals surface area contributed by atoms with Gasteiger partial charge in [-0.3, -0.25) is 4.90 Å². The highest BCUT2D eigenvalue weighted by Crippen LogP contribution is 2.20. The number of nitrogens with zero attached hydrogens (tertiary/aromatic N) is 2. The van der Waals surface area contributed by atoms with Crippen LogP contribution >= 0.6 is 0 Å². The quantitative estimate of drug-likeness (QED) is 0.759. The summed E-state index contributed by atoms with van der Waals surface area (Å²) in [6, 6.07) is 11.6. The van der Waals surface area contributed by atoms with Gasteiger partial charge in [0.15, 0.2) is 0 Å². The van der Waals surface area contributed by atoms with Crippen LogP contribution in [-0.2, 0) is 10.0 Å². The molecule has 0 bridgehead atoms. The summed E-state index contributed by atoms with van der Waals surface area (Å²) in [5.41, 5.74) is 2.33. The molecule has 0 atom stereocenters. The van der Waals surface area contributed by atoms with Crippen LogP contribution in [-0.4, -0.2) is 57.0 Å². The molecule has 3 rings (SSSR count). The van der Waals surface area contributed by atoms with E-state index in [4.69, 9.17) is 4.74 Å². The van der Waals surface area contributed by atoms with Gasteiger partial charge < -0.3 is 4.74 Å². The predicted octanol–water partition coefficient (Wildman–Crippen LogP) is 2.83. The summed E-state index contributed by atoms with van der Waals surface area (Å²) in [4.78, 5) is 1.91. The molecular formula is C20H25FN2O3S. The summed E-state index contributed by atoms with van der Waals surface area (Å²) in [5.74, 6) is 0.148. The zero-order valence-corrected chi connectivity index (χ0v) is 16.5. The summed E-state index contributed by atoms with van der Waals surface area (Å²) in [6.07, 6.45) is 0. The fraction of sp³-hybridized carbons (Fsp3) is 0.400. The maximum Gasteiger partial charge on any atom is 0.246 e. The van der Waals surface area contributed by atoms with Crippen LogP contribution in [0.1, 0.15) is 11.1 Å². The molecule has 1 aliphatic heterocycles. The first kappa shape index (κ1) is 19.8. The Morgan fingerprint density at radius 1 is 1.00 bits per heavy atom. The van der Waals surface area contributed by atoms with Gasteiger partial charge in [0, 0.05) is 32.7 Å². The lowest BCUT2D eigenvalue weighted by Gasteiger charge is -2.33. The van der Waals surface area contributed by atoms with Gasteiger partial charge in [-0.2, -0.15) is 4.31 Å². The van der Waals surface area contributed by atoms with Crippen molar-refractivity contribution in [3.05, 3.63) is 59.4 Å². The van der Waals surface area contributed by atoms with Gasteiger partial charge in [-0.1, -0.05) is 18.2 Å². The third-order valence-electron chi connectivity index (χ3n) is 4.66. The van der Waals surface area contributed by atoms with Gasteiger partial charge in [0.2, 0.25) is 10.0 Å². The molecule has 1 saturated heterocycles. The fourth-order valence-corrected chi connectivity index (χ4v) is 4.78. The summed E-state index contributed by atoms with van der Waals surface area (Å²) in [7, 11) is -3.79. The average molecular weight is 392 g/mol. The molecule has 1 heterocycles. The Morgan fingerprint density at radius 2 is 1.63 bits per heavy atom. The van der Waals surface area contributed by atoms with Crippen LogP contribution in [0.25, 0.3) is 0 Å². The highest BCUT2D eigenvalue weighted by Gasteiger charge is 2.30. The molecule has 0 aromatic heterocycles. The van der Waals surface area contributed by atoms with Crippen molar-refractivity contribution in [1.82, 2.24) is 9.21 Å². The summed E-state index contributed by atoms with van der Waals surface area (Å²) in [5, 5.41) is 0. The number of piperazine rings is 1. The maximum absolute atomic E-state index is 13.9. The van der Waals surface area contributed by atoms with E-state index in [9.17, 15) is 12.8 Å². The van der Waals surface area contributed by atoms with Crippen LogP contribution in [0.4, 0.5) is 4.39 Å². The third-order valence-corrected chi connectivity index (χ3v) is 6.59. The molecule has 27 heavy (non-hydrogen) atoms. The molecule has 0 unspecified atom stereocenters. The Bertz CT molecular complexity index is 874. The molecule has 1 aliphatic rings. The monoisotopic (exact) mass is 392 g/mol. The molecule has 2 aromatic carbocycles. The van der Waals surface area contributed by atoms with E-state index in [-0.39, 0.29) is 4.90 Å². The maximum atomic E-state index is 13.9. The SMILES string of the molecule is Cc1cc(C)cc(OCCN2CCN(S(=O)(=O)c3ccccc3F)CC2)c1. The second-order valence-electron chi connectivity index (χ2n) is 6.85. The first-order chi connectivity index (χ1) is 12.9. The van der Waals surface area contributed by atoms with Crippen molar-refractivity contribution in [1.29, 1.82) is 0 Å². The second-order valence-corrected chi connectivity index (χ2v) is 8.75. The number of benzene rings is 2. The Balaban J connectivity index is 1.51. The number of ether oxygens (including phenoxy) is 1. The standard InChI is InChI=1S/C20H25FN2O3S/c1-16-13-17(2)15-18(14-16)26-12-11-22-7-9-23(10-8-22)27(24,25)20-6-4-3-5-19(20)21/h3-6,13-15H,7-12H2,1-2H3. The van der Waals surface area contributed by atoms with Gasteiger partial charge in [-0.05, 0) is 49.2 Å². The summed E-state index contributed by atoms with van der Waals surface area (Å²) < 4.78 is 46.3. The predicted molar refractivity (Wildman–Crippen MR) is 103 cm³/mol. The van der Waals surface area contributed by atoms with E-state index in [0.717, 1.165) is 23.4 Å². The number of aryl methyl sites for hydroxylation is 2. The normalized spacial score (nSPS) is 16.4. The number of halogens is 1. The van der Waals surface area contributed by atoms with Crippen LogP contribution in [0.2, 0.25) is 0 Å². The van der Waals surface area contributed by atoms with Crippen molar-refractivity contribution >= 4 is 10.0 Å². The lowest BCUT2D eigenvalue weighted by Crippen LogP contribution is -2.49. The highest BCUT2D eigenvalue weighted by atomic mass is 32.2. The minimum absolute atomic E-state index is 0.253. The van der Waals surface area contributed by atoms with E-state index >= 15 is 0 Å². The van der Waals surface area contributed by atoms with Crippen LogP contribution < -0.4 is 4.74 Å². The van der Waals surface area contributed by atoms with Gasteiger partial charge in [-0.25, -0.2) is 12.8 Å². The Morgan fingerprint density at radius 3 is 2.26 bits per heavy atom. The Hall–Kier alpha value is -1.96. The lowest BCUT2D eigenvalue weighted by atomic mass is 10.1. The average Bonchev–Trinajstić information content (AvgIpc) is 2.61. The zero-order valence-electron chi connectivity index (χ0n) is 15.7. The van der Waals surface area contributed by atoms with E-state index in [1.165, 1.54) is 28.6 Å². The van der Waals surface area contributed by atoms with E-state index in [1.807, 2.05) is 26.0 Å². The topological polar surface area (TPSA) is 49.9 Å². The first-order valence-electron chi connectivity index (χ1n) is 9.04. The largest absolute Gasteiger partial charge is 0.492 e. The number of rotatable bonds is 6. The molecule has 0 amide bonds. The minimum Gasteiger partial charge on any atom is -0.492 e. The molecule has 0 N–H and O–H groups in total. The molecule has 0 saturated carbocycles. The summed E-state index contributed by atoms with van der Waals surface area (Å²) in [6.45, 7) is 7.24. The van der Waals surface area contributed by atoms with E-state index in [1.54, 1.807) is 0 Å². The van der Waals surface area contributed by atoms with E-state index < -0.39 is 15.8 Å². The van der Waals surface area contributed by atoms with Crippen molar-refractivity contribution in [3.63, 3.8) is 0 Å². The van der Waals surface area contributed by atoms with Crippen molar-refractivity contribution in [2.45, 2.75) is 18.7 Å². The van der Waals surface area contributed by atoms with Gasteiger partial charge >= 0.3 is 0 Å². The van der Waals surface area contributed by atoms with E-state index in [0.29, 0.717) is 32.8 Å². The molecule has 5 nitrogen and oxygen atoms in total. The Kier molecular flexibility index (Phi) is 6.14. The Labute approximate surface area is 160 Å². The third kappa shape index (κ3) is 4.86. The zero-order chi connectivity index (χ0) is 19.4. The lowest BCUT2D eigenvalue weighted by molar-refractivity contribution is 0.158. The van der Waals surface area contributed by atoms with Crippen molar-refractivity contribution in [2.75, 3.05) is 39.3 Å². The molecular weight excluding hydrogens is 367 g/mol. The molecule has 7 heteroatoms. The fourth-order valence-electron chi connectivity index (χ4n) is 3.30. The van der Waals surface area contributed by atoms with Gasteiger partial charge in [0.25, 0.3) is 0 Å². The van der Waals surface area contributed by atoms with Crippen molar-refractivity contribution in [3.8, 4) is 5.75 Å². The number of hydrogen-bond donors (Lipinski definition) is 0. The molecule has 2 aromatic rings. The molecule has 0 spiro atoms. The highest BCUT2D eigenvalue weighted by molar-refractivity contribution is 7.89. The van der Waals surface area contributed by atoms with Crippen molar-refractivity contribution < 1.29 is 17.5 Å². The summed E-state index contributed by atoms with van der Waals surface area (Å²) >= 11 is 0. The van der Waals surface area contributed by atoms with Crippen LogP contribution in [0.5, 0.6) is 5.75 Å². The molecule has 1 fully saturated rings. The van der Waals surface area contributed by atoms with Gasteiger partial charge in [-0.15, -0.1) is 0 Å². The molecule has 0 aliphatic carbocycles. The number of hydrogen-bond acceptors (Lipinski definition) is 4.